The number of hydrogen-bond acceptors (Lipinski definition) is 5. The summed E-state index contributed by atoms with van der Waals surface area (Å²) in [5.41, 5.74) is 0.938. The fraction of sp³-hybridized carbons (Fsp3) is 0.304. The molecule has 1 aromatic carbocycles. The number of benzene rings is 1. The Labute approximate surface area is 196 Å². The van der Waals surface area contributed by atoms with Crippen LogP contribution >= 0.6 is 35.6 Å². The minimum Gasteiger partial charge on any atom is -0.452 e. The van der Waals surface area contributed by atoms with Crippen molar-refractivity contribution in [2.75, 3.05) is 13.2 Å². The molecule has 0 spiro atoms. The summed E-state index contributed by atoms with van der Waals surface area (Å²) in [4.78, 5) is 7.85. The van der Waals surface area contributed by atoms with Gasteiger partial charge >= 0.3 is 0 Å². The van der Waals surface area contributed by atoms with Gasteiger partial charge in [-0.25, -0.2) is 0 Å². The highest BCUT2D eigenvalue weighted by Crippen LogP contribution is 2.41. The van der Waals surface area contributed by atoms with Gasteiger partial charge < -0.3 is 19.4 Å². The van der Waals surface area contributed by atoms with E-state index in [2.05, 4.69) is 15.2 Å². The second kappa shape index (κ2) is 9.20. The van der Waals surface area contributed by atoms with Crippen molar-refractivity contribution in [3.05, 3.63) is 77.3 Å². The summed E-state index contributed by atoms with van der Waals surface area (Å²) < 4.78 is 12.2. The Balaban J connectivity index is 1.43. The highest BCUT2D eigenvalue weighted by atomic mass is 35.5. The van der Waals surface area contributed by atoms with Gasteiger partial charge in [-0.15, -0.1) is 0 Å². The zero-order valence-corrected chi connectivity index (χ0v) is 19.1. The van der Waals surface area contributed by atoms with Crippen molar-refractivity contribution < 1.29 is 9.15 Å². The third-order valence-corrected chi connectivity index (χ3v) is 7.08. The molecular weight excluding hydrogens is 450 g/mol. The van der Waals surface area contributed by atoms with Gasteiger partial charge in [-0.3, -0.25) is 4.98 Å². The summed E-state index contributed by atoms with van der Waals surface area (Å²) in [6.07, 6.45) is 4.14. The highest BCUT2D eigenvalue weighted by Gasteiger charge is 2.42. The lowest BCUT2D eigenvalue weighted by molar-refractivity contribution is 0.0812. The summed E-state index contributed by atoms with van der Waals surface area (Å²) in [5, 5.41) is 5.72. The molecule has 0 bridgehead atoms. The van der Waals surface area contributed by atoms with Gasteiger partial charge in [0.2, 0.25) is 0 Å². The third kappa shape index (κ3) is 4.60. The molecule has 8 heteroatoms. The summed E-state index contributed by atoms with van der Waals surface area (Å²) in [7, 11) is 0. The average Bonchev–Trinajstić information content (AvgIpc) is 3.52. The molecule has 2 aromatic heterocycles. The molecule has 4 heterocycles. The highest BCUT2D eigenvalue weighted by molar-refractivity contribution is 7.99. The maximum absolute atomic E-state index is 6.32. The first-order valence-electron chi connectivity index (χ1n) is 10.3. The molecule has 160 valence electrons. The van der Waals surface area contributed by atoms with Crippen molar-refractivity contribution in [3.63, 3.8) is 0 Å². The quantitative estimate of drug-likeness (QED) is 0.467. The molecule has 3 atom stereocenters. The smallest absolute Gasteiger partial charge is 0.170 e. The van der Waals surface area contributed by atoms with Gasteiger partial charge in [0.25, 0.3) is 0 Å². The number of pyridine rings is 1. The number of nitrogens with one attached hydrogen (secondary N) is 1. The van der Waals surface area contributed by atoms with Crippen molar-refractivity contribution in [1.82, 2.24) is 15.2 Å². The fourth-order valence-electron chi connectivity index (χ4n) is 4.09. The van der Waals surface area contributed by atoms with Gasteiger partial charge in [-0.1, -0.05) is 29.4 Å². The Morgan fingerprint density at radius 3 is 2.77 bits per heavy atom. The van der Waals surface area contributed by atoms with E-state index in [-0.39, 0.29) is 18.2 Å². The van der Waals surface area contributed by atoms with Crippen LogP contribution in [0.5, 0.6) is 0 Å². The normalized spacial score (nSPS) is 23.3. The first kappa shape index (κ1) is 20.8. The summed E-state index contributed by atoms with van der Waals surface area (Å²) in [6.45, 7) is 1.55. The lowest BCUT2D eigenvalue weighted by Crippen LogP contribution is -2.36. The molecule has 0 radical (unpaired) electrons. The molecule has 2 aliphatic rings. The Morgan fingerprint density at radius 2 is 2.03 bits per heavy atom. The van der Waals surface area contributed by atoms with Crippen LogP contribution in [0.2, 0.25) is 5.02 Å². The topological polar surface area (TPSA) is 50.5 Å². The predicted octanol–water partition coefficient (Wildman–Crippen LogP) is 5.63. The maximum Gasteiger partial charge on any atom is 0.170 e. The van der Waals surface area contributed by atoms with Crippen molar-refractivity contribution in [1.29, 1.82) is 0 Å². The van der Waals surface area contributed by atoms with Gasteiger partial charge in [0.05, 0.1) is 17.8 Å². The van der Waals surface area contributed by atoms with E-state index in [0.717, 1.165) is 52.5 Å². The van der Waals surface area contributed by atoms with Crippen LogP contribution in [0.1, 0.15) is 36.4 Å². The van der Waals surface area contributed by atoms with E-state index in [1.165, 1.54) is 0 Å². The Kier molecular flexibility index (Phi) is 6.18. The van der Waals surface area contributed by atoms with E-state index in [1.807, 2.05) is 60.8 Å². The zero-order valence-electron chi connectivity index (χ0n) is 16.7. The van der Waals surface area contributed by atoms with Crippen LogP contribution in [0.25, 0.3) is 0 Å². The summed E-state index contributed by atoms with van der Waals surface area (Å²) in [6, 6.07) is 17.5. The van der Waals surface area contributed by atoms with Crippen molar-refractivity contribution in [3.8, 4) is 0 Å². The molecule has 2 saturated heterocycles. The molecule has 0 amide bonds. The Bertz CT molecular complexity index is 1040. The predicted molar refractivity (Wildman–Crippen MR) is 125 cm³/mol. The van der Waals surface area contributed by atoms with E-state index >= 15 is 0 Å². The number of halogens is 1. The number of hydrogen-bond donors (Lipinski definition) is 1. The van der Waals surface area contributed by atoms with Crippen LogP contribution < -0.4 is 5.32 Å². The molecule has 0 saturated carbocycles. The van der Waals surface area contributed by atoms with Gasteiger partial charge in [-0.05, 0) is 73.6 Å². The number of ether oxygens (including phenoxy) is 1. The van der Waals surface area contributed by atoms with E-state index in [4.69, 9.17) is 33.0 Å². The third-order valence-electron chi connectivity index (χ3n) is 5.55. The molecule has 5 nitrogen and oxygen atoms in total. The standard InChI is InChI=1S/C23H22ClN3O2S2/c24-15-6-8-17(9-7-15)31-20-11-10-19(29-20)22-21(18-5-1-2-12-25-18)26-23(30)27(22)14-16-4-3-13-28-16/h1-2,5-12,16,21-22H,3-4,13-14H2,(H,26,30)/t16-,21-,22-/m0/s1. The Hall–Kier alpha value is -2.06. The fourth-order valence-corrected chi connectivity index (χ4v) is 5.31. The molecule has 2 aliphatic heterocycles. The van der Waals surface area contributed by atoms with Gasteiger partial charge in [0, 0.05) is 29.3 Å². The summed E-state index contributed by atoms with van der Waals surface area (Å²) in [5.74, 6) is 0.859. The number of furan rings is 1. The molecule has 5 rings (SSSR count). The minimum absolute atomic E-state index is 0.0883. The van der Waals surface area contributed by atoms with Crippen LogP contribution in [0, 0.1) is 0 Å². The first-order valence-corrected chi connectivity index (χ1v) is 11.9. The van der Waals surface area contributed by atoms with Gasteiger partial charge in [-0.2, -0.15) is 0 Å². The van der Waals surface area contributed by atoms with Crippen LogP contribution in [-0.4, -0.2) is 34.3 Å². The van der Waals surface area contributed by atoms with Crippen molar-refractivity contribution in [2.45, 2.75) is 41.0 Å². The molecule has 3 aromatic rings. The Morgan fingerprint density at radius 1 is 1.16 bits per heavy atom. The summed E-state index contributed by atoms with van der Waals surface area (Å²) >= 11 is 13.3. The lowest BCUT2D eigenvalue weighted by atomic mass is 10.0. The SMILES string of the molecule is S=C1N[C@@H](c2ccccn2)[C@H](c2ccc(Sc3ccc(Cl)cc3)o2)N1C[C@@H]1CCCO1. The first-order chi connectivity index (χ1) is 15.2. The van der Waals surface area contributed by atoms with Crippen LogP contribution in [0.15, 0.2) is 75.2 Å². The second-order valence-electron chi connectivity index (χ2n) is 7.63. The van der Waals surface area contributed by atoms with E-state index in [9.17, 15) is 0 Å². The minimum atomic E-state index is -0.0915. The zero-order chi connectivity index (χ0) is 21.2. The van der Waals surface area contributed by atoms with Crippen molar-refractivity contribution in [2.24, 2.45) is 0 Å². The number of nitrogens with zero attached hydrogens (tertiary/aromatic N) is 2. The number of rotatable bonds is 6. The average molecular weight is 472 g/mol. The van der Waals surface area contributed by atoms with Crippen LogP contribution in [0.4, 0.5) is 0 Å². The molecule has 0 aliphatic carbocycles. The lowest BCUT2D eigenvalue weighted by Gasteiger charge is -2.28. The monoisotopic (exact) mass is 471 g/mol. The molecule has 31 heavy (non-hydrogen) atoms. The van der Waals surface area contributed by atoms with Gasteiger partial charge in [0.15, 0.2) is 10.2 Å². The second-order valence-corrected chi connectivity index (χ2v) is 9.53. The number of thiocarbonyl (C=S) groups is 1. The largest absolute Gasteiger partial charge is 0.452 e. The van der Waals surface area contributed by atoms with E-state index in [0.29, 0.717) is 5.11 Å². The molecule has 1 N–H and O–H groups in total. The van der Waals surface area contributed by atoms with E-state index < -0.39 is 0 Å². The van der Waals surface area contributed by atoms with Crippen LogP contribution in [0.3, 0.4) is 0 Å². The maximum atomic E-state index is 6.32. The van der Waals surface area contributed by atoms with E-state index in [1.54, 1.807) is 11.8 Å². The number of aromatic nitrogens is 1. The molecule has 2 fully saturated rings. The molecular formula is C23H22ClN3O2S2. The van der Waals surface area contributed by atoms with Crippen LogP contribution in [-0.2, 0) is 4.74 Å². The van der Waals surface area contributed by atoms with Gasteiger partial charge in [0.1, 0.15) is 11.8 Å². The molecule has 0 unspecified atom stereocenters. The van der Waals surface area contributed by atoms with Crippen molar-refractivity contribution >= 4 is 40.7 Å².